The van der Waals surface area contributed by atoms with Crippen molar-refractivity contribution in [3.05, 3.63) is 65.7 Å². The van der Waals surface area contributed by atoms with Crippen molar-refractivity contribution in [1.82, 2.24) is 9.62 Å². The first-order chi connectivity index (χ1) is 16.0. The fraction of sp³-hybridized carbons (Fsp3) is 0.536. The van der Waals surface area contributed by atoms with Crippen LogP contribution in [0.4, 0.5) is 0 Å². The number of carbonyl (C=O) groups is 1. The molecule has 1 saturated carbocycles. The number of piperidine rings is 1. The smallest absolute Gasteiger partial charge is 0.243 e. The van der Waals surface area contributed by atoms with Crippen LogP contribution in [0.2, 0.25) is 0 Å². The Morgan fingerprint density at radius 3 is 2.35 bits per heavy atom. The number of benzene rings is 2. The van der Waals surface area contributed by atoms with E-state index < -0.39 is 10.0 Å². The second-order valence-corrected chi connectivity index (χ2v) is 13.2. The van der Waals surface area contributed by atoms with Crippen molar-refractivity contribution >= 4 is 15.9 Å². The summed E-state index contributed by atoms with van der Waals surface area (Å²) in [5.41, 5.74) is 2.24. The van der Waals surface area contributed by atoms with Crippen molar-refractivity contribution in [2.75, 3.05) is 13.1 Å². The van der Waals surface area contributed by atoms with Crippen molar-refractivity contribution in [1.29, 1.82) is 0 Å². The van der Waals surface area contributed by atoms with E-state index in [9.17, 15) is 13.2 Å². The molecule has 2 aromatic carbocycles. The summed E-state index contributed by atoms with van der Waals surface area (Å²) in [4.78, 5) is 12.0. The standard InChI is InChI=1S/C28H38N2O3S/c1-21(31)29-25-14-16-28(19-22-8-6-5-7-9-22)20-30(17-15-24(28)18-25)34(32,33)26-12-10-23(11-13-26)27(2,3)4/h5-13,24-25H,14-20H2,1-4H3,(H,29,31). The van der Waals surface area contributed by atoms with Crippen molar-refractivity contribution in [2.45, 2.75) is 76.2 Å². The zero-order chi connectivity index (χ0) is 24.6. The zero-order valence-electron chi connectivity index (χ0n) is 20.9. The van der Waals surface area contributed by atoms with E-state index in [1.54, 1.807) is 23.4 Å². The summed E-state index contributed by atoms with van der Waals surface area (Å²) in [5.74, 6) is 0.396. The summed E-state index contributed by atoms with van der Waals surface area (Å²) >= 11 is 0. The molecule has 2 fully saturated rings. The van der Waals surface area contributed by atoms with E-state index in [2.05, 4.69) is 50.4 Å². The van der Waals surface area contributed by atoms with Crippen molar-refractivity contribution in [2.24, 2.45) is 11.3 Å². The predicted octanol–water partition coefficient (Wildman–Crippen LogP) is 4.91. The number of nitrogens with zero attached hydrogens (tertiary/aromatic N) is 1. The summed E-state index contributed by atoms with van der Waals surface area (Å²) < 4.78 is 29.1. The van der Waals surface area contributed by atoms with Gasteiger partial charge >= 0.3 is 0 Å². The monoisotopic (exact) mass is 482 g/mol. The lowest BCUT2D eigenvalue weighted by molar-refractivity contribution is -0.120. The summed E-state index contributed by atoms with van der Waals surface area (Å²) in [6.45, 7) is 9.02. The summed E-state index contributed by atoms with van der Waals surface area (Å²) in [7, 11) is -3.57. The fourth-order valence-electron chi connectivity index (χ4n) is 5.93. The highest BCUT2D eigenvalue weighted by atomic mass is 32.2. The molecule has 1 aliphatic heterocycles. The molecule has 0 aromatic heterocycles. The van der Waals surface area contributed by atoms with Crippen LogP contribution in [0.1, 0.15) is 64.5 Å². The Hall–Kier alpha value is -2.18. The summed E-state index contributed by atoms with van der Waals surface area (Å²) in [6, 6.07) is 18.0. The number of carbonyl (C=O) groups excluding carboxylic acids is 1. The molecular weight excluding hydrogens is 444 g/mol. The molecule has 5 nitrogen and oxygen atoms in total. The van der Waals surface area contributed by atoms with Gasteiger partial charge in [-0.05, 0) is 72.1 Å². The van der Waals surface area contributed by atoms with Gasteiger partial charge in [0, 0.05) is 26.1 Å². The molecular formula is C28H38N2O3S. The lowest BCUT2D eigenvalue weighted by atomic mass is 9.59. The normalized spacial score (nSPS) is 26.0. The molecule has 2 aromatic rings. The summed E-state index contributed by atoms with van der Waals surface area (Å²) in [6.07, 6.45) is 4.40. The topological polar surface area (TPSA) is 66.5 Å². The number of hydrogen-bond acceptors (Lipinski definition) is 3. The number of hydrogen-bond donors (Lipinski definition) is 1. The van der Waals surface area contributed by atoms with Gasteiger partial charge in [-0.2, -0.15) is 4.31 Å². The quantitative estimate of drug-likeness (QED) is 0.658. The lowest BCUT2D eigenvalue weighted by Crippen LogP contribution is -2.56. The minimum absolute atomic E-state index is 0.0132. The second-order valence-electron chi connectivity index (χ2n) is 11.3. The molecule has 3 unspecified atom stereocenters. The SMILES string of the molecule is CC(=O)NC1CCC2(Cc3ccccc3)CN(S(=O)(=O)c3ccc(C(C)(C)C)cc3)CCC2C1. The molecule has 1 N–H and O–H groups in total. The average Bonchev–Trinajstić information content (AvgIpc) is 2.79. The van der Waals surface area contributed by atoms with Crippen LogP contribution in [0.3, 0.4) is 0 Å². The van der Waals surface area contributed by atoms with E-state index >= 15 is 0 Å². The third-order valence-corrected chi connectivity index (χ3v) is 9.67. The maximum atomic E-state index is 13.7. The Bertz CT molecular complexity index is 1110. The molecule has 34 heavy (non-hydrogen) atoms. The zero-order valence-corrected chi connectivity index (χ0v) is 21.7. The molecule has 184 valence electrons. The Balaban J connectivity index is 1.61. The Labute approximate surface area is 205 Å². The maximum absolute atomic E-state index is 13.7. The van der Waals surface area contributed by atoms with Crippen LogP contribution in [0, 0.1) is 11.3 Å². The van der Waals surface area contributed by atoms with Crippen LogP contribution in [-0.4, -0.2) is 37.8 Å². The Kier molecular flexibility index (Phi) is 6.94. The molecule has 0 radical (unpaired) electrons. The average molecular weight is 483 g/mol. The molecule has 2 aliphatic rings. The van der Waals surface area contributed by atoms with Gasteiger partial charge in [0.25, 0.3) is 0 Å². The van der Waals surface area contributed by atoms with Crippen LogP contribution in [0.5, 0.6) is 0 Å². The van der Waals surface area contributed by atoms with Crippen LogP contribution >= 0.6 is 0 Å². The molecule has 4 rings (SSSR count). The fourth-order valence-corrected chi connectivity index (χ4v) is 7.48. The van der Waals surface area contributed by atoms with Gasteiger partial charge in [-0.25, -0.2) is 8.42 Å². The van der Waals surface area contributed by atoms with Gasteiger partial charge < -0.3 is 5.32 Å². The number of nitrogens with one attached hydrogen (secondary N) is 1. The minimum atomic E-state index is -3.57. The van der Waals surface area contributed by atoms with Gasteiger partial charge in [0.15, 0.2) is 0 Å². The summed E-state index contributed by atoms with van der Waals surface area (Å²) in [5, 5.41) is 3.11. The van der Waals surface area contributed by atoms with Crippen molar-refractivity contribution < 1.29 is 13.2 Å². The number of fused-ring (bicyclic) bond motifs is 1. The first kappa shape index (κ1) is 24.9. The van der Waals surface area contributed by atoms with Crippen molar-refractivity contribution in [3.63, 3.8) is 0 Å². The van der Waals surface area contributed by atoms with Crippen LogP contribution in [0.25, 0.3) is 0 Å². The molecule has 1 saturated heterocycles. The van der Waals surface area contributed by atoms with E-state index in [-0.39, 0.29) is 22.8 Å². The van der Waals surface area contributed by atoms with Crippen LogP contribution < -0.4 is 5.32 Å². The lowest BCUT2D eigenvalue weighted by Gasteiger charge is -2.52. The van der Waals surface area contributed by atoms with Gasteiger partial charge in [-0.1, -0.05) is 63.2 Å². The van der Waals surface area contributed by atoms with E-state index in [0.29, 0.717) is 23.9 Å². The molecule has 1 aliphatic carbocycles. The maximum Gasteiger partial charge on any atom is 0.243 e. The molecule has 6 heteroatoms. The predicted molar refractivity (Wildman–Crippen MR) is 136 cm³/mol. The van der Waals surface area contributed by atoms with Gasteiger partial charge in [-0.3, -0.25) is 4.79 Å². The highest BCUT2D eigenvalue weighted by Gasteiger charge is 2.49. The van der Waals surface area contributed by atoms with Gasteiger partial charge in [0.2, 0.25) is 15.9 Å². The first-order valence-corrected chi connectivity index (χ1v) is 13.9. The number of rotatable bonds is 5. The molecule has 1 heterocycles. The van der Waals surface area contributed by atoms with Gasteiger partial charge in [0.1, 0.15) is 0 Å². The van der Waals surface area contributed by atoms with Gasteiger partial charge in [-0.15, -0.1) is 0 Å². The third kappa shape index (κ3) is 5.23. The Morgan fingerprint density at radius 2 is 1.74 bits per heavy atom. The van der Waals surface area contributed by atoms with E-state index in [0.717, 1.165) is 37.7 Å². The molecule has 0 spiro atoms. The number of amides is 1. The largest absolute Gasteiger partial charge is 0.354 e. The molecule has 1 amide bonds. The third-order valence-electron chi connectivity index (χ3n) is 7.81. The van der Waals surface area contributed by atoms with Crippen molar-refractivity contribution in [3.8, 4) is 0 Å². The first-order valence-electron chi connectivity index (χ1n) is 12.4. The molecule has 0 bridgehead atoms. The highest BCUT2D eigenvalue weighted by Crippen LogP contribution is 2.49. The number of sulfonamides is 1. The van der Waals surface area contributed by atoms with Crippen LogP contribution in [-0.2, 0) is 26.7 Å². The van der Waals surface area contributed by atoms with E-state index in [1.165, 1.54) is 5.56 Å². The Morgan fingerprint density at radius 1 is 1.06 bits per heavy atom. The second kappa shape index (κ2) is 9.46. The molecule has 3 atom stereocenters. The highest BCUT2D eigenvalue weighted by molar-refractivity contribution is 7.89. The minimum Gasteiger partial charge on any atom is -0.354 e. The van der Waals surface area contributed by atoms with Gasteiger partial charge in [0.05, 0.1) is 4.90 Å². The van der Waals surface area contributed by atoms with E-state index in [4.69, 9.17) is 0 Å². The van der Waals surface area contributed by atoms with E-state index in [1.807, 2.05) is 18.2 Å². The van der Waals surface area contributed by atoms with Crippen LogP contribution in [0.15, 0.2) is 59.5 Å².